The second-order valence-electron chi connectivity index (χ2n) is 9.08. The highest BCUT2D eigenvalue weighted by Crippen LogP contribution is 2.26. The Balaban J connectivity index is 1.18. The van der Waals surface area contributed by atoms with Crippen molar-refractivity contribution in [1.82, 2.24) is 24.6 Å². The lowest BCUT2D eigenvalue weighted by atomic mass is 10.0. The number of likely N-dealkylation sites (tertiary alicyclic amines) is 1. The number of para-hydroxylation sites is 1. The van der Waals surface area contributed by atoms with Crippen LogP contribution >= 0.6 is 0 Å². The smallest absolute Gasteiger partial charge is 0.222 e. The molecule has 2 aromatic heterocycles. The Kier molecular flexibility index (Phi) is 6.60. The lowest BCUT2D eigenvalue weighted by molar-refractivity contribution is -0.131. The SMILES string of the molecule is COc1ccccc1CCC(=O)N1CCCC(Cn2cnc3cc(-c4cn[nH]c4)ccc32)CC1. The molecular weight excluding hydrogens is 426 g/mol. The number of rotatable bonds is 7. The third kappa shape index (κ3) is 4.83. The van der Waals surface area contributed by atoms with Gasteiger partial charge in [-0.2, -0.15) is 5.10 Å². The zero-order valence-corrected chi connectivity index (χ0v) is 19.6. The molecule has 1 fully saturated rings. The van der Waals surface area contributed by atoms with Crippen LogP contribution in [0.1, 0.15) is 31.2 Å². The Labute approximate surface area is 199 Å². The molecule has 0 aliphatic carbocycles. The van der Waals surface area contributed by atoms with Crippen LogP contribution < -0.4 is 4.74 Å². The van der Waals surface area contributed by atoms with Gasteiger partial charge in [0.05, 0.1) is 30.7 Å². The van der Waals surface area contributed by atoms with Gasteiger partial charge in [0.15, 0.2) is 0 Å². The first-order chi connectivity index (χ1) is 16.7. The van der Waals surface area contributed by atoms with Crippen molar-refractivity contribution in [3.63, 3.8) is 0 Å². The first kappa shape index (κ1) is 22.2. The molecular formula is C27H31N5O2. The first-order valence-electron chi connectivity index (χ1n) is 12.0. The largest absolute Gasteiger partial charge is 0.496 e. The number of carbonyl (C=O) groups excluding carboxylic acids is 1. The van der Waals surface area contributed by atoms with Crippen LogP contribution in [0.4, 0.5) is 0 Å². The summed E-state index contributed by atoms with van der Waals surface area (Å²) in [5.74, 6) is 1.64. The molecule has 1 aliphatic heterocycles. The number of amides is 1. The van der Waals surface area contributed by atoms with E-state index in [9.17, 15) is 4.79 Å². The monoisotopic (exact) mass is 457 g/mol. The maximum absolute atomic E-state index is 12.9. The summed E-state index contributed by atoms with van der Waals surface area (Å²) in [5.41, 5.74) is 5.43. The highest BCUT2D eigenvalue weighted by molar-refractivity contribution is 5.81. The van der Waals surface area contributed by atoms with Crippen molar-refractivity contribution in [1.29, 1.82) is 0 Å². The van der Waals surface area contributed by atoms with Crippen molar-refractivity contribution in [2.75, 3.05) is 20.2 Å². The van der Waals surface area contributed by atoms with E-state index in [0.29, 0.717) is 18.8 Å². The van der Waals surface area contributed by atoms with E-state index in [2.05, 4.69) is 42.8 Å². The molecule has 1 N–H and O–H groups in total. The van der Waals surface area contributed by atoms with Gasteiger partial charge in [-0.05, 0) is 60.9 Å². The summed E-state index contributed by atoms with van der Waals surface area (Å²) in [6.07, 6.45) is 10.1. The van der Waals surface area contributed by atoms with Crippen molar-refractivity contribution in [3.8, 4) is 16.9 Å². The van der Waals surface area contributed by atoms with Gasteiger partial charge in [0.1, 0.15) is 5.75 Å². The normalized spacial score (nSPS) is 16.5. The Morgan fingerprint density at radius 3 is 2.91 bits per heavy atom. The topological polar surface area (TPSA) is 76.0 Å². The minimum absolute atomic E-state index is 0.242. The zero-order valence-electron chi connectivity index (χ0n) is 19.6. The van der Waals surface area contributed by atoms with Crippen LogP contribution in [0.25, 0.3) is 22.2 Å². The van der Waals surface area contributed by atoms with E-state index >= 15 is 0 Å². The molecule has 5 rings (SSSR count). The van der Waals surface area contributed by atoms with E-state index < -0.39 is 0 Å². The molecule has 1 aliphatic rings. The molecule has 176 valence electrons. The number of nitrogens with zero attached hydrogens (tertiary/aromatic N) is 4. The predicted molar refractivity (Wildman–Crippen MR) is 133 cm³/mol. The molecule has 7 heteroatoms. The highest BCUT2D eigenvalue weighted by atomic mass is 16.5. The average Bonchev–Trinajstić information content (AvgIpc) is 3.48. The Hall–Kier alpha value is -3.61. The number of benzene rings is 2. The van der Waals surface area contributed by atoms with Gasteiger partial charge in [-0.1, -0.05) is 24.3 Å². The van der Waals surface area contributed by atoms with Crippen molar-refractivity contribution < 1.29 is 9.53 Å². The van der Waals surface area contributed by atoms with Gasteiger partial charge in [0.25, 0.3) is 0 Å². The molecule has 1 unspecified atom stereocenters. The van der Waals surface area contributed by atoms with Crippen molar-refractivity contribution >= 4 is 16.9 Å². The minimum Gasteiger partial charge on any atom is -0.496 e. The maximum atomic E-state index is 12.9. The Bertz CT molecular complexity index is 1250. The first-order valence-corrected chi connectivity index (χ1v) is 12.0. The number of hydrogen-bond acceptors (Lipinski definition) is 4. The molecule has 7 nitrogen and oxygen atoms in total. The number of nitrogens with one attached hydrogen (secondary N) is 1. The number of aromatic nitrogens is 4. The van der Waals surface area contributed by atoms with Crippen molar-refractivity contribution in [3.05, 3.63) is 66.7 Å². The molecule has 2 aromatic carbocycles. The minimum atomic E-state index is 0.242. The summed E-state index contributed by atoms with van der Waals surface area (Å²) >= 11 is 0. The van der Waals surface area contributed by atoms with E-state index in [4.69, 9.17) is 4.74 Å². The molecule has 4 aromatic rings. The second kappa shape index (κ2) is 10.1. The van der Waals surface area contributed by atoms with E-state index in [0.717, 1.165) is 72.4 Å². The third-order valence-electron chi connectivity index (χ3n) is 6.91. The second-order valence-corrected chi connectivity index (χ2v) is 9.08. The van der Waals surface area contributed by atoms with Crippen LogP contribution in [0, 0.1) is 5.92 Å². The van der Waals surface area contributed by atoms with Crippen LogP contribution in [0.5, 0.6) is 5.75 Å². The van der Waals surface area contributed by atoms with Gasteiger partial charge in [-0.25, -0.2) is 4.98 Å². The summed E-state index contributed by atoms with van der Waals surface area (Å²) in [7, 11) is 1.68. The number of fused-ring (bicyclic) bond motifs is 1. The standard InChI is InChI=1S/C27H31N5O2/c1-34-26-7-3-2-6-21(26)9-11-27(33)31-13-4-5-20(12-14-31)18-32-19-28-24-15-22(8-10-25(24)32)23-16-29-30-17-23/h2-3,6-8,10,15-17,19-20H,4-5,9,11-14,18H2,1H3,(H,29,30). The molecule has 1 saturated heterocycles. The molecule has 0 spiro atoms. The lowest BCUT2D eigenvalue weighted by Gasteiger charge is -2.21. The van der Waals surface area contributed by atoms with Crippen molar-refractivity contribution in [2.24, 2.45) is 5.92 Å². The average molecular weight is 458 g/mol. The van der Waals surface area contributed by atoms with Crippen LogP contribution in [0.3, 0.4) is 0 Å². The van der Waals surface area contributed by atoms with E-state index in [1.54, 1.807) is 7.11 Å². The third-order valence-corrected chi connectivity index (χ3v) is 6.91. The zero-order chi connectivity index (χ0) is 23.3. The highest BCUT2D eigenvalue weighted by Gasteiger charge is 2.21. The number of aromatic amines is 1. The number of carbonyl (C=O) groups is 1. The fourth-order valence-corrected chi connectivity index (χ4v) is 4.98. The predicted octanol–water partition coefficient (Wildman–Crippen LogP) is 4.70. The molecule has 1 atom stereocenters. The van der Waals surface area contributed by atoms with Crippen LogP contribution in [0.15, 0.2) is 61.2 Å². The van der Waals surface area contributed by atoms with E-state index in [1.807, 2.05) is 43.0 Å². The summed E-state index contributed by atoms with van der Waals surface area (Å²) in [4.78, 5) is 19.6. The van der Waals surface area contributed by atoms with Crippen LogP contribution in [-0.2, 0) is 17.8 Å². The molecule has 3 heterocycles. The van der Waals surface area contributed by atoms with Gasteiger partial charge in [0, 0.05) is 37.8 Å². The van der Waals surface area contributed by atoms with Gasteiger partial charge < -0.3 is 14.2 Å². The van der Waals surface area contributed by atoms with Gasteiger partial charge >= 0.3 is 0 Å². The quantitative estimate of drug-likeness (QED) is 0.437. The number of ether oxygens (including phenoxy) is 1. The fourth-order valence-electron chi connectivity index (χ4n) is 4.98. The number of H-pyrrole nitrogens is 1. The summed E-state index contributed by atoms with van der Waals surface area (Å²) in [6, 6.07) is 14.3. The summed E-state index contributed by atoms with van der Waals surface area (Å²) < 4.78 is 7.69. The molecule has 34 heavy (non-hydrogen) atoms. The van der Waals surface area contributed by atoms with Gasteiger partial charge in [-0.15, -0.1) is 0 Å². The summed E-state index contributed by atoms with van der Waals surface area (Å²) in [5, 5.41) is 6.90. The van der Waals surface area contributed by atoms with Crippen LogP contribution in [-0.4, -0.2) is 50.8 Å². The lowest BCUT2D eigenvalue weighted by Crippen LogP contribution is -2.32. The van der Waals surface area contributed by atoms with Gasteiger partial charge in [-0.3, -0.25) is 9.89 Å². The number of methoxy groups -OCH3 is 1. The molecule has 0 radical (unpaired) electrons. The Morgan fingerprint density at radius 1 is 1.15 bits per heavy atom. The molecule has 1 amide bonds. The Morgan fingerprint density at radius 2 is 2.06 bits per heavy atom. The number of hydrogen-bond donors (Lipinski definition) is 1. The van der Waals surface area contributed by atoms with E-state index in [-0.39, 0.29) is 5.91 Å². The number of imidazole rings is 1. The summed E-state index contributed by atoms with van der Waals surface area (Å²) in [6.45, 7) is 2.61. The van der Waals surface area contributed by atoms with Crippen LogP contribution in [0.2, 0.25) is 0 Å². The molecule has 0 bridgehead atoms. The van der Waals surface area contributed by atoms with Gasteiger partial charge in [0.2, 0.25) is 5.91 Å². The fraction of sp³-hybridized carbons (Fsp3) is 0.370. The number of aryl methyl sites for hydroxylation is 1. The van der Waals surface area contributed by atoms with Crippen molar-refractivity contribution in [2.45, 2.75) is 38.6 Å². The molecule has 0 saturated carbocycles. The van der Waals surface area contributed by atoms with E-state index in [1.165, 1.54) is 0 Å². The maximum Gasteiger partial charge on any atom is 0.222 e.